The zero-order valence-electron chi connectivity index (χ0n) is 22.7. The maximum absolute atomic E-state index is 14.2. The van der Waals surface area contributed by atoms with Crippen LogP contribution in [0.15, 0.2) is 60.2 Å². The van der Waals surface area contributed by atoms with Gasteiger partial charge in [-0.3, -0.25) is 9.53 Å². The number of hydrogen-bond acceptors (Lipinski definition) is 12. The Morgan fingerprint density at radius 1 is 0.750 bits per heavy atom. The highest BCUT2D eigenvalue weighted by Crippen LogP contribution is 2.73. The third-order valence-corrected chi connectivity index (χ3v) is 7.51. The van der Waals surface area contributed by atoms with Gasteiger partial charge in [-0.05, 0) is 25.5 Å². The van der Waals surface area contributed by atoms with Crippen LogP contribution in [0.25, 0.3) is 0 Å². The maximum Gasteiger partial charge on any atom is 0.345 e. The standard InChI is InChI=1S/C28H28O12/c1-16-7-11-18(12-8-16)25(15-20(21(29)32-3)22(30)33-4)26(24(31)34-5)23(36-38-25)27(19-13-9-17(2)10-14-19)37-28(26,35-6)40-39-27/h7-15,23H,1-6H3/t23-,25+,26+,27?,28?/m0/s1. The van der Waals surface area contributed by atoms with Crippen molar-refractivity contribution >= 4 is 17.9 Å². The van der Waals surface area contributed by atoms with Crippen LogP contribution in [0.2, 0.25) is 0 Å². The summed E-state index contributed by atoms with van der Waals surface area (Å²) in [4.78, 5) is 63.3. The number of carbonyl (C=O) groups excluding carboxylic acids is 3. The molecule has 3 heterocycles. The van der Waals surface area contributed by atoms with Gasteiger partial charge in [0.25, 0.3) is 5.79 Å². The summed E-state index contributed by atoms with van der Waals surface area (Å²) in [6, 6.07) is 13.8. The van der Waals surface area contributed by atoms with E-state index in [1.807, 2.05) is 13.8 Å². The average Bonchev–Trinajstić information content (AvgIpc) is 3.62. The molecule has 5 atom stereocenters. The Bertz CT molecular complexity index is 1350. The Kier molecular flexibility index (Phi) is 6.81. The molecular formula is C28H28O12. The number of aryl methyl sites for hydroxylation is 2. The van der Waals surface area contributed by atoms with E-state index in [0.29, 0.717) is 5.56 Å². The van der Waals surface area contributed by atoms with Gasteiger partial charge < -0.3 is 18.9 Å². The van der Waals surface area contributed by atoms with E-state index < -0.39 is 52.4 Å². The third kappa shape index (κ3) is 3.44. The number of esters is 3. The Labute approximate surface area is 229 Å². The molecule has 2 bridgehead atoms. The number of ether oxygens (including phenoxy) is 5. The molecule has 3 saturated heterocycles. The molecule has 0 aliphatic carbocycles. The minimum absolute atomic E-state index is 0.256. The van der Waals surface area contributed by atoms with Gasteiger partial charge in [0.05, 0.1) is 21.3 Å². The predicted octanol–water partition coefficient (Wildman–Crippen LogP) is 2.41. The highest BCUT2D eigenvalue weighted by atomic mass is 17.3. The van der Waals surface area contributed by atoms with Crippen LogP contribution < -0.4 is 0 Å². The highest BCUT2D eigenvalue weighted by Gasteiger charge is 2.94. The second-order valence-electron chi connectivity index (χ2n) is 9.56. The SMILES string of the molecule is COC(=O)C(=C[C@]1(c2ccc(C)cc2)OO[C@@H]2C3(c4ccc(C)cc4)OOC(OC)(O3)[C@@]21C(=O)OC)C(=O)OC. The van der Waals surface area contributed by atoms with E-state index in [0.717, 1.165) is 38.5 Å². The molecule has 12 heteroatoms. The monoisotopic (exact) mass is 556 g/mol. The van der Waals surface area contributed by atoms with Crippen LogP contribution in [0.1, 0.15) is 22.3 Å². The van der Waals surface area contributed by atoms with Crippen LogP contribution >= 0.6 is 0 Å². The summed E-state index contributed by atoms with van der Waals surface area (Å²) in [6.45, 7) is 3.75. The van der Waals surface area contributed by atoms with Crippen molar-refractivity contribution in [2.45, 2.75) is 37.3 Å². The molecule has 2 aromatic carbocycles. The molecule has 0 N–H and O–H groups in total. The van der Waals surface area contributed by atoms with Crippen molar-refractivity contribution < 1.29 is 57.6 Å². The minimum atomic E-state index is -2.37. The van der Waals surface area contributed by atoms with Gasteiger partial charge in [0, 0.05) is 12.7 Å². The normalized spacial score (nSPS) is 31.8. The van der Waals surface area contributed by atoms with E-state index in [1.165, 1.54) is 7.11 Å². The van der Waals surface area contributed by atoms with Crippen molar-refractivity contribution in [2.75, 3.05) is 28.4 Å². The first-order valence-corrected chi connectivity index (χ1v) is 12.2. The summed E-state index contributed by atoms with van der Waals surface area (Å²) in [5, 5.41) is 0. The molecule has 0 aromatic heterocycles. The van der Waals surface area contributed by atoms with E-state index >= 15 is 0 Å². The molecule has 2 unspecified atom stereocenters. The number of carbonyl (C=O) groups is 3. The zero-order valence-corrected chi connectivity index (χ0v) is 22.7. The molecule has 3 fully saturated rings. The van der Waals surface area contributed by atoms with Gasteiger partial charge in [0.15, 0.2) is 11.7 Å². The van der Waals surface area contributed by atoms with Gasteiger partial charge in [-0.2, -0.15) is 9.78 Å². The molecule has 5 rings (SSSR count). The van der Waals surface area contributed by atoms with Crippen molar-refractivity contribution in [2.24, 2.45) is 5.41 Å². The quantitative estimate of drug-likeness (QED) is 0.124. The van der Waals surface area contributed by atoms with Crippen molar-refractivity contribution in [3.63, 3.8) is 0 Å². The van der Waals surface area contributed by atoms with E-state index in [4.69, 9.17) is 43.2 Å². The smallest absolute Gasteiger partial charge is 0.345 e. The fourth-order valence-corrected chi connectivity index (χ4v) is 5.53. The molecule has 0 spiro atoms. The molecule has 0 radical (unpaired) electrons. The van der Waals surface area contributed by atoms with Gasteiger partial charge in [-0.25, -0.2) is 19.4 Å². The van der Waals surface area contributed by atoms with Crippen molar-refractivity contribution in [1.29, 1.82) is 0 Å². The molecule has 3 aliphatic rings. The number of benzene rings is 2. The number of fused-ring (bicyclic) bond motifs is 5. The lowest BCUT2D eigenvalue weighted by atomic mass is 9.62. The lowest BCUT2D eigenvalue weighted by molar-refractivity contribution is -0.473. The Morgan fingerprint density at radius 2 is 1.30 bits per heavy atom. The van der Waals surface area contributed by atoms with E-state index in [-0.39, 0.29) is 5.56 Å². The van der Waals surface area contributed by atoms with Crippen LogP contribution in [-0.2, 0) is 69.0 Å². The summed E-state index contributed by atoms with van der Waals surface area (Å²) < 4.78 is 27.1. The third-order valence-electron chi connectivity index (χ3n) is 7.51. The number of hydrogen-bond donors (Lipinski definition) is 0. The van der Waals surface area contributed by atoms with Crippen LogP contribution in [0, 0.1) is 19.3 Å². The molecule has 3 aliphatic heterocycles. The van der Waals surface area contributed by atoms with Crippen LogP contribution in [0.5, 0.6) is 0 Å². The summed E-state index contributed by atoms with van der Waals surface area (Å²) >= 11 is 0. The van der Waals surface area contributed by atoms with Gasteiger partial charge in [-0.1, -0.05) is 59.7 Å². The molecule has 212 valence electrons. The molecule has 40 heavy (non-hydrogen) atoms. The van der Waals surface area contributed by atoms with Gasteiger partial charge in [-0.15, -0.1) is 0 Å². The summed E-state index contributed by atoms with van der Waals surface area (Å²) in [6.07, 6.45) is -0.388. The van der Waals surface area contributed by atoms with Gasteiger partial charge >= 0.3 is 23.9 Å². The van der Waals surface area contributed by atoms with E-state index in [2.05, 4.69) is 0 Å². The zero-order chi connectivity index (χ0) is 28.9. The van der Waals surface area contributed by atoms with E-state index in [9.17, 15) is 14.4 Å². The Hall–Kier alpha value is -3.65. The minimum Gasteiger partial charge on any atom is -0.468 e. The predicted molar refractivity (Wildman–Crippen MR) is 131 cm³/mol. The van der Waals surface area contributed by atoms with Crippen molar-refractivity contribution in [1.82, 2.24) is 0 Å². The number of rotatable bonds is 7. The second kappa shape index (κ2) is 9.77. The molecule has 0 saturated carbocycles. The molecular weight excluding hydrogens is 528 g/mol. The molecule has 0 amide bonds. The lowest BCUT2D eigenvalue weighted by Crippen LogP contribution is -2.67. The first kappa shape index (κ1) is 27.9. The highest BCUT2D eigenvalue weighted by molar-refractivity contribution is 6.14. The molecule has 2 aromatic rings. The van der Waals surface area contributed by atoms with Crippen molar-refractivity contribution in [3.8, 4) is 0 Å². The van der Waals surface area contributed by atoms with Gasteiger partial charge in [0.2, 0.25) is 5.41 Å². The van der Waals surface area contributed by atoms with Crippen molar-refractivity contribution in [3.05, 3.63) is 82.4 Å². The first-order valence-electron chi connectivity index (χ1n) is 12.2. The molecule has 12 nitrogen and oxygen atoms in total. The fourth-order valence-electron chi connectivity index (χ4n) is 5.53. The largest absolute Gasteiger partial charge is 0.468 e. The van der Waals surface area contributed by atoms with Gasteiger partial charge in [0.1, 0.15) is 5.57 Å². The van der Waals surface area contributed by atoms with Crippen LogP contribution in [0.4, 0.5) is 0 Å². The second-order valence-corrected chi connectivity index (χ2v) is 9.56. The summed E-state index contributed by atoms with van der Waals surface area (Å²) in [5.41, 5.74) is -2.54. The first-order chi connectivity index (χ1) is 19.1. The number of methoxy groups -OCH3 is 4. The Morgan fingerprint density at radius 3 is 1.80 bits per heavy atom. The average molecular weight is 557 g/mol. The summed E-state index contributed by atoms with van der Waals surface area (Å²) in [7, 11) is 4.55. The van der Waals surface area contributed by atoms with Crippen LogP contribution in [-0.4, -0.2) is 58.4 Å². The summed E-state index contributed by atoms with van der Waals surface area (Å²) in [5.74, 6) is -7.38. The maximum atomic E-state index is 14.2. The topological polar surface area (TPSA) is 134 Å². The lowest BCUT2D eigenvalue weighted by Gasteiger charge is -2.45. The Balaban J connectivity index is 1.89. The fraction of sp³-hybridized carbons (Fsp3) is 0.393. The van der Waals surface area contributed by atoms with Crippen LogP contribution in [0.3, 0.4) is 0 Å². The van der Waals surface area contributed by atoms with E-state index in [1.54, 1.807) is 48.5 Å².